The maximum Gasteiger partial charge on any atom is 0.137 e. The molecule has 27 heavy (non-hydrogen) atoms. The first kappa shape index (κ1) is 15.8. The van der Waals surface area contributed by atoms with Gasteiger partial charge in [0.2, 0.25) is 0 Å². The lowest BCUT2D eigenvalue weighted by Gasteiger charge is -2.11. The molecule has 0 amide bonds. The van der Waals surface area contributed by atoms with E-state index < -0.39 is 0 Å². The predicted molar refractivity (Wildman–Crippen MR) is 113 cm³/mol. The fraction of sp³-hybridized carbons (Fsp3) is 0.0800. The summed E-state index contributed by atoms with van der Waals surface area (Å²) in [6.45, 7) is 4.31. The molecule has 0 aliphatic rings. The quantitative estimate of drug-likeness (QED) is 0.358. The van der Waals surface area contributed by atoms with Crippen molar-refractivity contribution in [3.63, 3.8) is 0 Å². The number of nitrogens with zero attached hydrogens (tertiary/aromatic N) is 2. The molecule has 0 spiro atoms. The normalized spacial score (nSPS) is 11.3. The van der Waals surface area contributed by atoms with Gasteiger partial charge in [-0.1, -0.05) is 54.6 Å². The number of aromatic nitrogens is 2. The first-order chi connectivity index (χ1) is 13.2. The third-order valence-corrected chi connectivity index (χ3v) is 5.33. The molecular formula is C25H20N2. The second kappa shape index (κ2) is 6.10. The molecule has 130 valence electrons. The van der Waals surface area contributed by atoms with Gasteiger partial charge in [0.15, 0.2) is 0 Å². The van der Waals surface area contributed by atoms with Gasteiger partial charge in [-0.15, -0.1) is 0 Å². The molecule has 0 unspecified atom stereocenters. The van der Waals surface area contributed by atoms with Crippen molar-refractivity contribution in [2.45, 2.75) is 13.8 Å². The van der Waals surface area contributed by atoms with Crippen molar-refractivity contribution in [1.82, 2.24) is 9.55 Å². The molecule has 2 nitrogen and oxygen atoms in total. The zero-order valence-corrected chi connectivity index (χ0v) is 15.5. The number of rotatable bonds is 2. The van der Waals surface area contributed by atoms with Gasteiger partial charge in [-0.3, -0.25) is 4.57 Å². The lowest BCUT2D eigenvalue weighted by atomic mass is 9.97. The third kappa shape index (κ3) is 2.45. The molecule has 0 atom stereocenters. The highest BCUT2D eigenvalue weighted by Crippen LogP contribution is 2.32. The minimum Gasteiger partial charge on any atom is -0.294 e. The number of hydrogen-bond donors (Lipinski definition) is 0. The van der Waals surface area contributed by atoms with Gasteiger partial charge < -0.3 is 0 Å². The molecule has 2 heteroatoms. The van der Waals surface area contributed by atoms with Crippen molar-refractivity contribution in [2.24, 2.45) is 0 Å². The van der Waals surface area contributed by atoms with Gasteiger partial charge in [0.25, 0.3) is 0 Å². The molecule has 0 radical (unpaired) electrons. The summed E-state index contributed by atoms with van der Waals surface area (Å²) in [7, 11) is 0. The standard InChI is InChI=1S/C25H20N2/c1-17-8-7-9-18(2)25(17)19-14-15-24(26-16-19)27-22-12-5-3-10-20(22)21-11-4-6-13-23(21)27/h3-16H,1-2H3. The fourth-order valence-corrected chi connectivity index (χ4v) is 4.11. The van der Waals surface area contributed by atoms with Crippen LogP contribution in [0, 0.1) is 13.8 Å². The topological polar surface area (TPSA) is 17.8 Å². The van der Waals surface area contributed by atoms with E-state index in [4.69, 9.17) is 4.98 Å². The van der Waals surface area contributed by atoms with Crippen molar-refractivity contribution in [3.05, 3.63) is 96.2 Å². The molecule has 0 fully saturated rings. The Morgan fingerprint density at radius 1 is 0.630 bits per heavy atom. The molecule has 0 aliphatic carbocycles. The number of aryl methyl sites for hydroxylation is 2. The number of fused-ring (bicyclic) bond motifs is 3. The summed E-state index contributed by atoms with van der Waals surface area (Å²) in [5.41, 5.74) is 7.37. The van der Waals surface area contributed by atoms with Crippen LogP contribution >= 0.6 is 0 Å². The zero-order valence-electron chi connectivity index (χ0n) is 15.5. The molecule has 5 rings (SSSR count). The number of hydrogen-bond acceptors (Lipinski definition) is 1. The van der Waals surface area contributed by atoms with E-state index in [0.717, 1.165) is 11.4 Å². The summed E-state index contributed by atoms with van der Waals surface area (Å²) >= 11 is 0. The Morgan fingerprint density at radius 2 is 1.22 bits per heavy atom. The first-order valence-electron chi connectivity index (χ1n) is 9.25. The van der Waals surface area contributed by atoms with Crippen molar-refractivity contribution in [3.8, 4) is 16.9 Å². The van der Waals surface area contributed by atoms with Gasteiger partial charge in [-0.05, 0) is 54.8 Å². The van der Waals surface area contributed by atoms with E-state index in [2.05, 4.69) is 97.3 Å². The predicted octanol–water partition coefficient (Wildman–Crippen LogP) is 6.46. The molecule has 0 N–H and O–H groups in total. The van der Waals surface area contributed by atoms with Crippen molar-refractivity contribution < 1.29 is 0 Å². The van der Waals surface area contributed by atoms with E-state index in [1.165, 1.54) is 38.5 Å². The van der Waals surface area contributed by atoms with Crippen molar-refractivity contribution in [1.29, 1.82) is 0 Å². The highest BCUT2D eigenvalue weighted by Gasteiger charge is 2.12. The summed E-state index contributed by atoms with van der Waals surface area (Å²) in [5.74, 6) is 0.947. The first-order valence-corrected chi connectivity index (χ1v) is 9.25. The minimum absolute atomic E-state index is 0.947. The lowest BCUT2D eigenvalue weighted by Crippen LogP contribution is -1.97. The molecule has 0 saturated heterocycles. The highest BCUT2D eigenvalue weighted by atomic mass is 15.1. The van der Waals surface area contributed by atoms with E-state index in [0.29, 0.717) is 0 Å². The van der Waals surface area contributed by atoms with E-state index in [1.54, 1.807) is 0 Å². The summed E-state index contributed by atoms with van der Waals surface area (Å²) in [5, 5.41) is 2.52. The number of benzene rings is 3. The smallest absolute Gasteiger partial charge is 0.137 e. The van der Waals surface area contributed by atoms with Crippen LogP contribution in [0.5, 0.6) is 0 Å². The largest absolute Gasteiger partial charge is 0.294 e. The van der Waals surface area contributed by atoms with E-state index >= 15 is 0 Å². The molecule has 3 aromatic carbocycles. The van der Waals surface area contributed by atoms with E-state index in [1.807, 2.05) is 6.20 Å². The van der Waals surface area contributed by atoms with Crippen LogP contribution in [0.3, 0.4) is 0 Å². The Labute approximate surface area is 158 Å². The van der Waals surface area contributed by atoms with Crippen LogP contribution in [0.25, 0.3) is 38.8 Å². The summed E-state index contributed by atoms with van der Waals surface area (Å²) < 4.78 is 2.25. The van der Waals surface area contributed by atoms with Crippen molar-refractivity contribution >= 4 is 21.8 Å². The van der Waals surface area contributed by atoms with Gasteiger partial charge in [0.05, 0.1) is 11.0 Å². The van der Waals surface area contributed by atoms with Crippen LogP contribution in [0.4, 0.5) is 0 Å². The van der Waals surface area contributed by atoms with Crippen LogP contribution in [0.15, 0.2) is 85.1 Å². The average Bonchev–Trinajstić information content (AvgIpc) is 3.03. The summed E-state index contributed by atoms with van der Waals surface area (Å²) in [6, 6.07) is 27.8. The van der Waals surface area contributed by atoms with Gasteiger partial charge in [0, 0.05) is 22.5 Å². The Kier molecular flexibility index (Phi) is 3.58. The van der Waals surface area contributed by atoms with Crippen LogP contribution in [-0.2, 0) is 0 Å². The number of pyridine rings is 1. The van der Waals surface area contributed by atoms with Crippen molar-refractivity contribution in [2.75, 3.05) is 0 Å². The van der Waals surface area contributed by atoms with Crippen LogP contribution in [0.1, 0.15) is 11.1 Å². The Balaban J connectivity index is 1.72. The molecule has 0 aliphatic heterocycles. The third-order valence-electron chi connectivity index (χ3n) is 5.33. The molecule has 5 aromatic rings. The van der Waals surface area contributed by atoms with Crippen LogP contribution in [-0.4, -0.2) is 9.55 Å². The number of para-hydroxylation sites is 2. The highest BCUT2D eigenvalue weighted by molar-refractivity contribution is 6.09. The Bertz CT molecular complexity index is 1200. The minimum atomic E-state index is 0.947. The van der Waals surface area contributed by atoms with E-state index in [-0.39, 0.29) is 0 Å². The Hall–Kier alpha value is -3.39. The molecule has 2 aromatic heterocycles. The van der Waals surface area contributed by atoms with Gasteiger partial charge in [-0.25, -0.2) is 4.98 Å². The molecule has 2 heterocycles. The second-order valence-corrected chi connectivity index (χ2v) is 7.04. The molecular weight excluding hydrogens is 328 g/mol. The van der Waals surface area contributed by atoms with Gasteiger partial charge >= 0.3 is 0 Å². The monoisotopic (exact) mass is 348 g/mol. The zero-order chi connectivity index (χ0) is 18.4. The average molecular weight is 348 g/mol. The van der Waals surface area contributed by atoms with Crippen LogP contribution < -0.4 is 0 Å². The maximum absolute atomic E-state index is 4.84. The molecule has 0 saturated carbocycles. The second-order valence-electron chi connectivity index (χ2n) is 7.04. The summed E-state index contributed by atoms with van der Waals surface area (Å²) in [6.07, 6.45) is 1.99. The van der Waals surface area contributed by atoms with E-state index in [9.17, 15) is 0 Å². The summed E-state index contributed by atoms with van der Waals surface area (Å²) in [4.78, 5) is 4.84. The Morgan fingerprint density at radius 3 is 1.78 bits per heavy atom. The lowest BCUT2D eigenvalue weighted by molar-refractivity contribution is 1.08. The fourth-order valence-electron chi connectivity index (χ4n) is 4.11. The SMILES string of the molecule is Cc1cccc(C)c1-c1ccc(-n2c3ccccc3c3ccccc32)nc1. The van der Waals surface area contributed by atoms with Gasteiger partial charge in [-0.2, -0.15) is 0 Å². The van der Waals surface area contributed by atoms with Crippen LogP contribution in [0.2, 0.25) is 0 Å². The molecule has 0 bridgehead atoms. The maximum atomic E-state index is 4.84. The van der Waals surface area contributed by atoms with Gasteiger partial charge in [0.1, 0.15) is 5.82 Å².